The second-order valence-electron chi connectivity index (χ2n) is 14.2. The summed E-state index contributed by atoms with van der Waals surface area (Å²) >= 11 is 0. The van der Waals surface area contributed by atoms with Crippen molar-refractivity contribution in [2.24, 2.45) is 0 Å². The molecule has 9 aromatic rings. The van der Waals surface area contributed by atoms with Gasteiger partial charge in [0.15, 0.2) is 0 Å². The summed E-state index contributed by atoms with van der Waals surface area (Å²) < 4.78 is 0. The zero-order chi connectivity index (χ0) is 35.4. The van der Waals surface area contributed by atoms with E-state index >= 15 is 0 Å². The molecule has 1 aliphatic rings. The molecule has 10 rings (SSSR count). The third-order valence-electron chi connectivity index (χ3n) is 11.2. The largest absolute Gasteiger partial charge is 0.311 e. The molecule has 0 bridgehead atoms. The lowest BCUT2D eigenvalue weighted by molar-refractivity contribution is 0.771. The van der Waals surface area contributed by atoms with E-state index in [1.165, 1.54) is 71.6 Å². The molecule has 0 N–H and O–H groups in total. The van der Waals surface area contributed by atoms with Crippen LogP contribution in [0.5, 0.6) is 0 Å². The van der Waals surface area contributed by atoms with Crippen LogP contribution in [0.2, 0.25) is 0 Å². The van der Waals surface area contributed by atoms with E-state index in [0.717, 1.165) is 17.1 Å². The Morgan fingerprint density at radius 2 is 0.811 bits per heavy atom. The van der Waals surface area contributed by atoms with Crippen molar-refractivity contribution in [2.45, 2.75) is 12.3 Å². The highest BCUT2D eigenvalue weighted by molar-refractivity contribution is 6.17. The van der Waals surface area contributed by atoms with Gasteiger partial charge in [0.2, 0.25) is 0 Å². The number of hydrogen-bond acceptors (Lipinski definition) is 1. The first kappa shape index (κ1) is 31.1. The summed E-state index contributed by atoms with van der Waals surface area (Å²) in [5.41, 5.74) is 14.3. The average molecular weight is 676 g/mol. The SMILES string of the molecule is Cc1ccc(N(c2ccc(-c3ccccc3)cc2)c2ccc(-c3cc4c5c(ccc6cccc(c65)C4(c4ccccc4)c4ccccc4)c3)cc2)cc1. The van der Waals surface area contributed by atoms with Gasteiger partial charge in [-0.25, -0.2) is 0 Å². The highest BCUT2D eigenvalue weighted by Gasteiger charge is 2.45. The van der Waals surface area contributed by atoms with Crippen LogP contribution in [-0.4, -0.2) is 0 Å². The minimum absolute atomic E-state index is 0.436. The number of nitrogens with zero attached hydrogens (tertiary/aromatic N) is 1. The van der Waals surface area contributed by atoms with Gasteiger partial charge in [-0.05, 0) is 122 Å². The van der Waals surface area contributed by atoms with Crippen molar-refractivity contribution >= 4 is 38.6 Å². The van der Waals surface area contributed by atoms with Crippen LogP contribution in [0.1, 0.15) is 27.8 Å². The van der Waals surface area contributed by atoms with Crippen molar-refractivity contribution in [3.63, 3.8) is 0 Å². The van der Waals surface area contributed by atoms with E-state index in [9.17, 15) is 0 Å². The summed E-state index contributed by atoms with van der Waals surface area (Å²) in [6.45, 7) is 2.14. The van der Waals surface area contributed by atoms with E-state index in [1.807, 2.05) is 0 Å². The minimum Gasteiger partial charge on any atom is -0.311 e. The fourth-order valence-corrected chi connectivity index (χ4v) is 8.71. The molecule has 1 heteroatoms. The van der Waals surface area contributed by atoms with Crippen LogP contribution in [0.4, 0.5) is 17.1 Å². The Morgan fingerprint density at radius 1 is 0.340 bits per heavy atom. The molecule has 0 atom stereocenters. The zero-order valence-electron chi connectivity index (χ0n) is 29.6. The first-order valence-electron chi connectivity index (χ1n) is 18.4. The number of hydrogen-bond donors (Lipinski definition) is 0. The molecule has 53 heavy (non-hydrogen) atoms. The molecule has 9 aromatic carbocycles. The molecule has 1 aliphatic carbocycles. The van der Waals surface area contributed by atoms with Crippen LogP contribution in [-0.2, 0) is 5.41 Å². The van der Waals surface area contributed by atoms with Crippen LogP contribution in [0.25, 0.3) is 43.8 Å². The number of anilines is 3. The van der Waals surface area contributed by atoms with Gasteiger partial charge in [-0.1, -0.05) is 163 Å². The first-order valence-corrected chi connectivity index (χ1v) is 18.4. The molecule has 0 amide bonds. The van der Waals surface area contributed by atoms with E-state index in [1.54, 1.807) is 0 Å². The average Bonchev–Trinajstić information content (AvgIpc) is 3.54. The Labute approximate surface area is 311 Å². The Balaban J connectivity index is 1.12. The van der Waals surface area contributed by atoms with Gasteiger partial charge >= 0.3 is 0 Å². The van der Waals surface area contributed by atoms with Gasteiger partial charge in [0.1, 0.15) is 0 Å². The molecule has 0 heterocycles. The summed E-state index contributed by atoms with van der Waals surface area (Å²) in [6.07, 6.45) is 0. The number of aryl methyl sites for hydroxylation is 1. The van der Waals surface area contributed by atoms with Gasteiger partial charge < -0.3 is 4.90 Å². The van der Waals surface area contributed by atoms with E-state index in [0.29, 0.717) is 0 Å². The van der Waals surface area contributed by atoms with E-state index < -0.39 is 5.41 Å². The summed E-state index contributed by atoms with van der Waals surface area (Å²) in [5.74, 6) is 0. The van der Waals surface area contributed by atoms with Crippen molar-refractivity contribution < 1.29 is 0 Å². The Kier molecular flexibility index (Phi) is 7.33. The van der Waals surface area contributed by atoms with E-state index in [4.69, 9.17) is 0 Å². The Morgan fingerprint density at radius 3 is 1.40 bits per heavy atom. The van der Waals surface area contributed by atoms with Crippen molar-refractivity contribution in [1.82, 2.24) is 0 Å². The highest BCUT2D eigenvalue weighted by atomic mass is 15.1. The maximum absolute atomic E-state index is 2.47. The lowest BCUT2D eigenvalue weighted by atomic mass is 9.67. The molecule has 0 radical (unpaired) electrons. The van der Waals surface area contributed by atoms with Crippen molar-refractivity contribution in [1.29, 1.82) is 0 Å². The van der Waals surface area contributed by atoms with Gasteiger partial charge in [0.05, 0.1) is 5.41 Å². The summed E-state index contributed by atoms with van der Waals surface area (Å²) in [6, 6.07) is 75.9. The third-order valence-corrected chi connectivity index (χ3v) is 11.2. The maximum atomic E-state index is 2.47. The lowest BCUT2D eigenvalue weighted by Crippen LogP contribution is -2.28. The minimum atomic E-state index is -0.436. The van der Waals surface area contributed by atoms with E-state index in [-0.39, 0.29) is 0 Å². The summed E-state index contributed by atoms with van der Waals surface area (Å²) in [5, 5.41) is 5.28. The Hall–Kier alpha value is -6.70. The molecule has 0 unspecified atom stereocenters. The molecule has 0 spiro atoms. The molecule has 0 saturated carbocycles. The topological polar surface area (TPSA) is 3.24 Å². The van der Waals surface area contributed by atoms with Crippen LogP contribution in [0.15, 0.2) is 206 Å². The second kappa shape index (κ2) is 12.5. The second-order valence-corrected chi connectivity index (χ2v) is 14.2. The summed E-state index contributed by atoms with van der Waals surface area (Å²) in [4.78, 5) is 2.35. The van der Waals surface area contributed by atoms with Crippen molar-refractivity contribution in [2.75, 3.05) is 4.90 Å². The molecule has 250 valence electrons. The molecule has 0 saturated heterocycles. The molecule has 1 nitrogen and oxygen atoms in total. The Bertz CT molecular complexity index is 2690. The zero-order valence-corrected chi connectivity index (χ0v) is 29.6. The van der Waals surface area contributed by atoms with Gasteiger partial charge in [-0.2, -0.15) is 0 Å². The van der Waals surface area contributed by atoms with Gasteiger partial charge in [0.25, 0.3) is 0 Å². The number of rotatable bonds is 7. The van der Waals surface area contributed by atoms with Crippen LogP contribution >= 0.6 is 0 Å². The molecule has 0 fully saturated rings. The summed E-state index contributed by atoms with van der Waals surface area (Å²) in [7, 11) is 0. The van der Waals surface area contributed by atoms with Crippen molar-refractivity contribution in [3.05, 3.63) is 234 Å². The highest BCUT2D eigenvalue weighted by Crippen LogP contribution is 2.56. The quantitative estimate of drug-likeness (QED) is 0.152. The first-order chi connectivity index (χ1) is 26.2. The normalized spacial score (nSPS) is 12.8. The van der Waals surface area contributed by atoms with Gasteiger partial charge in [-0.15, -0.1) is 0 Å². The van der Waals surface area contributed by atoms with Crippen LogP contribution in [0.3, 0.4) is 0 Å². The van der Waals surface area contributed by atoms with E-state index in [2.05, 4.69) is 218 Å². The van der Waals surface area contributed by atoms with Crippen LogP contribution < -0.4 is 4.90 Å². The third kappa shape index (κ3) is 5.00. The lowest BCUT2D eigenvalue weighted by Gasteiger charge is -2.34. The fourth-order valence-electron chi connectivity index (χ4n) is 8.71. The molecular weight excluding hydrogens is 639 g/mol. The monoisotopic (exact) mass is 675 g/mol. The molecular formula is C52H37N. The molecule has 0 aromatic heterocycles. The van der Waals surface area contributed by atoms with Crippen LogP contribution in [0, 0.1) is 6.92 Å². The predicted molar refractivity (Wildman–Crippen MR) is 224 cm³/mol. The molecule has 0 aliphatic heterocycles. The van der Waals surface area contributed by atoms with Gasteiger partial charge in [0, 0.05) is 17.1 Å². The smallest absolute Gasteiger partial charge is 0.0714 e. The maximum Gasteiger partial charge on any atom is 0.0714 e. The predicted octanol–water partition coefficient (Wildman–Crippen LogP) is 13.8. The standard InChI is InChI=1S/C52H37N/c1-36-20-28-45(29-21-36)53(46-30-24-38(25-31-46)37-12-5-2-6-13-37)47-32-26-39(27-33-47)42-34-41-23-22-40-14-11-19-48-50(40)51(41)49(35-42)52(48,43-15-7-3-8-16-43)44-17-9-4-10-18-44/h2-35H,1H3. The number of benzene rings is 9. The van der Waals surface area contributed by atoms with Gasteiger partial charge in [-0.3, -0.25) is 0 Å². The van der Waals surface area contributed by atoms with Crippen molar-refractivity contribution in [3.8, 4) is 22.3 Å². The fraction of sp³-hybridized carbons (Fsp3) is 0.0385.